The summed E-state index contributed by atoms with van der Waals surface area (Å²) in [5.74, 6) is -2.17. The van der Waals surface area contributed by atoms with Crippen LogP contribution in [0.1, 0.15) is 25.0 Å². The molecule has 1 heterocycles. The molecule has 0 bridgehead atoms. The van der Waals surface area contributed by atoms with Gasteiger partial charge in [0.05, 0.1) is 11.6 Å². The maximum absolute atomic E-state index is 11.8. The van der Waals surface area contributed by atoms with Crippen molar-refractivity contribution in [1.29, 1.82) is 5.26 Å². The quantitative estimate of drug-likeness (QED) is 0.823. The Hall–Kier alpha value is -2.48. The van der Waals surface area contributed by atoms with Gasteiger partial charge in [0.25, 0.3) is 11.7 Å². The first-order valence-electron chi connectivity index (χ1n) is 5.75. The average molecular weight is 259 g/mol. The lowest BCUT2D eigenvalue weighted by Gasteiger charge is -2.30. The van der Waals surface area contributed by atoms with Gasteiger partial charge in [-0.2, -0.15) is 5.26 Å². The molecule has 19 heavy (non-hydrogen) atoms. The minimum atomic E-state index is -1.16. The molecule has 1 aliphatic rings. The molecule has 0 saturated carbocycles. The second-order valence-corrected chi connectivity index (χ2v) is 4.66. The summed E-state index contributed by atoms with van der Waals surface area (Å²) in [5.41, 5.74) is 1.38. The zero-order valence-corrected chi connectivity index (χ0v) is 10.6. The molecule has 5 nitrogen and oxygen atoms in total. The van der Waals surface area contributed by atoms with E-state index < -0.39 is 17.7 Å². The molecular weight excluding hydrogens is 246 g/mol. The predicted molar refractivity (Wildman–Crippen MR) is 65.8 cm³/mol. The van der Waals surface area contributed by atoms with Crippen LogP contribution in [-0.4, -0.2) is 16.9 Å². The molecule has 0 radical (unpaired) electrons. The van der Waals surface area contributed by atoms with Crippen LogP contribution in [0, 0.1) is 11.3 Å². The summed E-state index contributed by atoms with van der Waals surface area (Å²) < 4.78 is 10.2. The molecule has 0 aromatic heterocycles. The van der Waals surface area contributed by atoms with Crippen molar-refractivity contribution < 1.29 is 19.4 Å². The van der Waals surface area contributed by atoms with Crippen molar-refractivity contribution in [3.8, 4) is 6.07 Å². The number of rotatable bonds is 2. The maximum atomic E-state index is 11.8. The monoisotopic (exact) mass is 259 g/mol. The van der Waals surface area contributed by atoms with Gasteiger partial charge < -0.3 is 14.6 Å². The molecule has 0 atom stereocenters. The van der Waals surface area contributed by atoms with E-state index in [0.717, 1.165) is 5.56 Å². The number of hydrogen-bond acceptors (Lipinski definition) is 5. The number of esters is 1. The number of nitriles is 1. The van der Waals surface area contributed by atoms with Gasteiger partial charge in [-0.1, -0.05) is 12.1 Å². The number of hydrogen-bond donors (Lipinski definition) is 1. The molecule has 0 spiro atoms. The number of cyclic esters (lactones) is 1. The Kier molecular flexibility index (Phi) is 3.17. The van der Waals surface area contributed by atoms with E-state index in [4.69, 9.17) is 14.7 Å². The van der Waals surface area contributed by atoms with Crippen LogP contribution < -0.4 is 0 Å². The Bertz CT molecular complexity index is 578. The number of aliphatic hydroxyl groups excluding tert-OH is 1. The lowest BCUT2D eigenvalue weighted by Crippen LogP contribution is -2.37. The van der Waals surface area contributed by atoms with E-state index in [1.54, 1.807) is 38.1 Å². The summed E-state index contributed by atoms with van der Waals surface area (Å²) in [7, 11) is 0. The zero-order valence-electron chi connectivity index (χ0n) is 10.6. The van der Waals surface area contributed by atoms with E-state index in [9.17, 15) is 9.90 Å². The lowest BCUT2D eigenvalue weighted by molar-refractivity contribution is -0.222. The third-order valence-corrected chi connectivity index (χ3v) is 2.65. The second-order valence-electron chi connectivity index (χ2n) is 4.66. The minimum Gasteiger partial charge on any atom is -0.481 e. The fourth-order valence-corrected chi connectivity index (χ4v) is 1.74. The van der Waals surface area contributed by atoms with Gasteiger partial charge in [0, 0.05) is 20.3 Å². The molecule has 98 valence electrons. The first kappa shape index (κ1) is 13.0. The third kappa shape index (κ3) is 2.86. The van der Waals surface area contributed by atoms with Gasteiger partial charge in [-0.05, 0) is 17.7 Å². The van der Waals surface area contributed by atoms with E-state index in [1.807, 2.05) is 6.07 Å². The number of carbonyl (C=O) groups excluding carboxylic acids is 1. The zero-order chi connectivity index (χ0) is 14.0. The molecule has 2 rings (SSSR count). The van der Waals surface area contributed by atoms with Crippen molar-refractivity contribution in [3.63, 3.8) is 0 Å². The van der Waals surface area contributed by atoms with Crippen LogP contribution in [0.3, 0.4) is 0 Å². The molecule has 0 amide bonds. The summed E-state index contributed by atoms with van der Waals surface area (Å²) in [6, 6.07) is 8.73. The number of ether oxygens (including phenoxy) is 2. The Morgan fingerprint density at radius 1 is 1.26 bits per heavy atom. The van der Waals surface area contributed by atoms with Crippen LogP contribution in [0.15, 0.2) is 35.8 Å². The molecule has 1 N–H and O–H groups in total. The number of aliphatic hydroxyl groups is 1. The molecule has 0 fully saturated rings. The van der Waals surface area contributed by atoms with Crippen LogP contribution >= 0.6 is 0 Å². The summed E-state index contributed by atoms with van der Waals surface area (Å²) in [4.78, 5) is 11.8. The topological polar surface area (TPSA) is 79.6 Å². The Balaban J connectivity index is 2.22. The average Bonchev–Trinajstić information content (AvgIpc) is 2.33. The van der Waals surface area contributed by atoms with Gasteiger partial charge in [-0.25, -0.2) is 4.79 Å². The Morgan fingerprint density at radius 3 is 2.42 bits per heavy atom. The molecule has 0 unspecified atom stereocenters. The van der Waals surface area contributed by atoms with E-state index >= 15 is 0 Å². The second kappa shape index (κ2) is 4.65. The van der Waals surface area contributed by atoms with Gasteiger partial charge in [-0.3, -0.25) is 0 Å². The summed E-state index contributed by atoms with van der Waals surface area (Å²) >= 11 is 0. The normalized spacial score (nSPS) is 17.4. The maximum Gasteiger partial charge on any atom is 0.344 e. The van der Waals surface area contributed by atoms with E-state index in [1.165, 1.54) is 0 Å². The van der Waals surface area contributed by atoms with Gasteiger partial charge in [0.15, 0.2) is 0 Å². The third-order valence-electron chi connectivity index (χ3n) is 2.65. The fourth-order valence-electron chi connectivity index (χ4n) is 1.74. The van der Waals surface area contributed by atoms with Crippen molar-refractivity contribution in [2.45, 2.75) is 26.1 Å². The SMILES string of the molecule is CC1(C)OC(=O)C(Cc2ccc(C#N)cc2)=C(O)O1. The van der Waals surface area contributed by atoms with Crippen LogP contribution in [0.25, 0.3) is 0 Å². The van der Waals surface area contributed by atoms with Crippen LogP contribution in [-0.2, 0) is 20.7 Å². The highest BCUT2D eigenvalue weighted by Gasteiger charge is 2.35. The summed E-state index contributed by atoms with van der Waals surface area (Å²) in [6.07, 6.45) is 0.187. The van der Waals surface area contributed by atoms with Crippen molar-refractivity contribution in [1.82, 2.24) is 0 Å². The van der Waals surface area contributed by atoms with Gasteiger partial charge in [0.2, 0.25) is 0 Å². The molecule has 0 saturated heterocycles. The molecule has 0 aliphatic carbocycles. The molecule has 1 aromatic carbocycles. The molecule has 1 aliphatic heterocycles. The van der Waals surface area contributed by atoms with Gasteiger partial charge in [0.1, 0.15) is 5.57 Å². The lowest BCUT2D eigenvalue weighted by atomic mass is 10.0. The first-order chi connectivity index (χ1) is 8.91. The van der Waals surface area contributed by atoms with E-state index in [-0.39, 0.29) is 12.0 Å². The van der Waals surface area contributed by atoms with Crippen molar-refractivity contribution in [2.75, 3.05) is 0 Å². The summed E-state index contributed by atoms with van der Waals surface area (Å²) in [5, 5.41) is 18.4. The Labute approximate surface area is 110 Å². The van der Waals surface area contributed by atoms with E-state index in [0.29, 0.717) is 5.56 Å². The standard InChI is InChI=1S/C14H13NO4/c1-14(2)18-12(16)11(13(17)19-14)7-9-3-5-10(8-15)6-4-9/h3-6,16H,7H2,1-2H3. The first-order valence-corrected chi connectivity index (χ1v) is 5.75. The van der Waals surface area contributed by atoms with Gasteiger partial charge >= 0.3 is 5.97 Å². The largest absolute Gasteiger partial charge is 0.481 e. The highest BCUT2D eigenvalue weighted by atomic mass is 16.8. The molecule has 5 heteroatoms. The number of nitrogens with zero attached hydrogens (tertiary/aromatic N) is 1. The number of benzene rings is 1. The summed E-state index contributed by atoms with van der Waals surface area (Å²) in [6.45, 7) is 3.08. The number of carbonyl (C=O) groups is 1. The molecular formula is C14H13NO4. The van der Waals surface area contributed by atoms with Gasteiger partial charge in [-0.15, -0.1) is 0 Å². The van der Waals surface area contributed by atoms with Crippen molar-refractivity contribution in [3.05, 3.63) is 46.9 Å². The van der Waals surface area contributed by atoms with Crippen molar-refractivity contribution in [2.24, 2.45) is 0 Å². The predicted octanol–water partition coefficient (Wildman–Crippen LogP) is 2.18. The van der Waals surface area contributed by atoms with Crippen LogP contribution in [0.4, 0.5) is 0 Å². The Morgan fingerprint density at radius 2 is 1.89 bits per heavy atom. The fraction of sp³-hybridized carbons (Fsp3) is 0.286. The highest BCUT2D eigenvalue weighted by Crippen LogP contribution is 2.27. The smallest absolute Gasteiger partial charge is 0.344 e. The highest BCUT2D eigenvalue weighted by molar-refractivity contribution is 5.90. The minimum absolute atomic E-state index is 0.0732. The molecule has 1 aromatic rings. The van der Waals surface area contributed by atoms with E-state index in [2.05, 4.69) is 0 Å². The van der Waals surface area contributed by atoms with Crippen LogP contribution in [0.5, 0.6) is 0 Å². The van der Waals surface area contributed by atoms with Crippen LogP contribution in [0.2, 0.25) is 0 Å². The van der Waals surface area contributed by atoms with Crippen molar-refractivity contribution >= 4 is 5.97 Å².